The SMILES string of the molecule is COc1ccc2c(c1)CCC1=C/C(=C\c3cc4sccc4n3B(F)F)N=C12. The van der Waals surface area contributed by atoms with Gasteiger partial charge in [0.15, 0.2) is 0 Å². The first kappa shape index (κ1) is 16.5. The van der Waals surface area contributed by atoms with Crippen molar-refractivity contribution >= 4 is 40.7 Å². The monoisotopic (exact) mass is 380 g/mol. The number of aliphatic imine (C=N–C) groups is 1. The highest BCUT2D eigenvalue weighted by Crippen LogP contribution is 2.35. The van der Waals surface area contributed by atoms with Gasteiger partial charge in [0, 0.05) is 11.3 Å². The molecule has 2 aliphatic rings. The number of benzene rings is 1. The molecule has 0 fully saturated rings. The van der Waals surface area contributed by atoms with E-state index in [9.17, 15) is 8.63 Å². The molecule has 0 radical (unpaired) electrons. The van der Waals surface area contributed by atoms with E-state index in [1.54, 1.807) is 25.3 Å². The van der Waals surface area contributed by atoms with Crippen molar-refractivity contribution in [1.82, 2.24) is 4.48 Å². The van der Waals surface area contributed by atoms with Crippen LogP contribution in [0.3, 0.4) is 0 Å². The van der Waals surface area contributed by atoms with Gasteiger partial charge in [-0.25, -0.2) is 4.99 Å². The summed E-state index contributed by atoms with van der Waals surface area (Å²) in [5, 5.41) is 1.83. The van der Waals surface area contributed by atoms with Crippen LogP contribution >= 0.6 is 11.3 Å². The topological polar surface area (TPSA) is 26.5 Å². The number of aromatic nitrogens is 1. The van der Waals surface area contributed by atoms with Crippen molar-refractivity contribution in [2.24, 2.45) is 4.99 Å². The van der Waals surface area contributed by atoms with Gasteiger partial charge >= 0.3 is 7.40 Å². The van der Waals surface area contributed by atoms with Gasteiger partial charge in [-0.1, -0.05) is 0 Å². The summed E-state index contributed by atoms with van der Waals surface area (Å²) in [5.41, 5.74) is 6.19. The Balaban J connectivity index is 1.59. The van der Waals surface area contributed by atoms with Crippen LogP contribution in [0.15, 0.2) is 58.1 Å². The molecule has 0 saturated heterocycles. The number of aryl methyl sites for hydroxylation is 1. The van der Waals surface area contributed by atoms with E-state index in [1.165, 1.54) is 16.9 Å². The number of thiophene rings is 1. The smallest absolute Gasteiger partial charge is 0.497 e. The fourth-order valence-electron chi connectivity index (χ4n) is 3.83. The molecule has 1 aliphatic heterocycles. The lowest BCUT2D eigenvalue weighted by molar-refractivity contribution is 0.414. The van der Waals surface area contributed by atoms with Crippen molar-refractivity contribution in [1.29, 1.82) is 0 Å². The average Bonchev–Trinajstić information content (AvgIpc) is 3.34. The molecule has 3 nitrogen and oxygen atoms in total. The van der Waals surface area contributed by atoms with E-state index >= 15 is 0 Å². The predicted octanol–water partition coefficient (Wildman–Crippen LogP) is 5.20. The van der Waals surface area contributed by atoms with Crippen molar-refractivity contribution in [2.45, 2.75) is 12.8 Å². The number of ether oxygens (including phenoxy) is 1. The zero-order chi connectivity index (χ0) is 18.5. The second-order valence-corrected chi connectivity index (χ2v) is 7.56. The fraction of sp³-hybridized carbons (Fsp3) is 0.150. The molecule has 5 rings (SSSR count). The van der Waals surface area contributed by atoms with Crippen LogP contribution in [-0.2, 0) is 6.42 Å². The van der Waals surface area contributed by atoms with Crippen LogP contribution in [0.4, 0.5) is 8.63 Å². The molecular formula is C20H15BF2N2OS. The van der Waals surface area contributed by atoms with Crippen molar-refractivity contribution in [2.75, 3.05) is 7.11 Å². The Bertz CT molecular complexity index is 1160. The molecule has 3 heterocycles. The number of allylic oxidation sites excluding steroid dienone is 2. The molecule has 7 heteroatoms. The molecule has 0 bridgehead atoms. The minimum Gasteiger partial charge on any atom is -0.497 e. The first-order chi connectivity index (χ1) is 13.1. The lowest BCUT2D eigenvalue weighted by atomic mass is 9.87. The summed E-state index contributed by atoms with van der Waals surface area (Å²) < 4.78 is 34.4. The fourth-order valence-corrected chi connectivity index (χ4v) is 4.65. The van der Waals surface area contributed by atoms with Crippen molar-refractivity contribution in [3.63, 3.8) is 0 Å². The number of nitrogens with zero attached hydrogens (tertiary/aromatic N) is 2. The van der Waals surface area contributed by atoms with Gasteiger partial charge in [0.25, 0.3) is 0 Å². The normalized spacial score (nSPS) is 16.9. The Morgan fingerprint density at radius 2 is 2.11 bits per heavy atom. The van der Waals surface area contributed by atoms with E-state index in [0.717, 1.165) is 50.3 Å². The summed E-state index contributed by atoms with van der Waals surface area (Å²) in [6.45, 7) is 0. The third-order valence-electron chi connectivity index (χ3n) is 5.08. The van der Waals surface area contributed by atoms with Crippen molar-refractivity contribution < 1.29 is 13.4 Å². The minimum atomic E-state index is -2.58. The Morgan fingerprint density at radius 3 is 2.93 bits per heavy atom. The van der Waals surface area contributed by atoms with Gasteiger partial charge in [-0.2, -0.15) is 0 Å². The lowest BCUT2D eigenvalue weighted by Gasteiger charge is -2.18. The van der Waals surface area contributed by atoms with E-state index in [2.05, 4.69) is 0 Å². The van der Waals surface area contributed by atoms with E-state index < -0.39 is 7.40 Å². The van der Waals surface area contributed by atoms with E-state index in [4.69, 9.17) is 9.73 Å². The Kier molecular flexibility index (Phi) is 3.79. The van der Waals surface area contributed by atoms with Crippen molar-refractivity contribution in [3.8, 4) is 5.75 Å². The molecule has 1 aliphatic carbocycles. The molecule has 3 aromatic rings. The molecule has 0 unspecified atom stereocenters. The standard InChI is InChI=1S/C20H15BF2N2OS/c1-26-16-4-5-17-12(9-16)2-3-13-8-14(24-20(13)17)10-15-11-19-18(6-7-27-19)25(15)21(22)23/h4-11H,2-3H2,1H3/b14-10+. The van der Waals surface area contributed by atoms with Gasteiger partial charge in [-0.3, -0.25) is 8.63 Å². The molecule has 134 valence electrons. The summed E-state index contributed by atoms with van der Waals surface area (Å²) in [6.07, 6.45) is 5.58. The maximum Gasteiger partial charge on any atom is 0.678 e. The van der Waals surface area contributed by atoms with Crippen LogP contribution in [0, 0.1) is 0 Å². The number of methoxy groups -OCH3 is 1. The third kappa shape index (κ3) is 2.65. The van der Waals surface area contributed by atoms with Crippen LogP contribution < -0.4 is 4.74 Å². The zero-order valence-corrected chi connectivity index (χ0v) is 15.4. The van der Waals surface area contributed by atoms with Crippen LogP contribution in [-0.4, -0.2) is 24.7 Å². The van der Waals surface area contributed by atoms with E-state index in [0.29, 0.717) is 11.2 Å². The van der Waals surface area contributed by atoms with Gasteiger partial charge in [0.2, 0.25) is 0 Å². The highest BCUT2D eigenvalue weighted by atomic mass is 32.1. The van der Waals surface area contributed by atoms with Gasteiger partial charge in [-0.05, 0) is 71.8 Å². The summed E-state index contributed by atoms with van der Waals surface area (Å²) >= 11 is 1.47. The minimum absolute atomic E-state index is 0.483. The average molecular weight is 380 g/mol. The molecule has 1 aromatic carbocycles. The Morgan fingerprint density at radius 1 is 1.22 bits per heavy atom. The van der Waals surface area contributed by atoms with E-state index in [-0.39, 0.29) is 0 Å². The lowest BCUT2D eigenvalue weighted by Crippen LogP contribution is -2.13. The molecule has 0 N–H and O–H groups in total. The van der Waals surface area contributed by atoms with Gasteiger partial charge in [0.1, 0.15) is 5.75 Å². The number of hydrogen-bond donors (Lipinski definition) is 0. The maximum atomic E-state index is 13.6. The largest absolute Gasteiger partial charge is 0.678 e. The van der Waals surface area contributed by atoms with Gasteiger partial charge in [0.05, 0.1) is 28.7 Å². The Hall–Kier alpha value is -2.67. The van der Waals surface area contributed by atoms with Crippen LogP contribution in [0.5, 0.6) is 5.75 Å². The summed E-state index contributed by atoms with van der Waals surface area (Å²) in [7, 11) is -0.923. The molecule has 2 aromatic heterocycles. The molecule has 0 spiro atoms. The van der Waals surface area contributed by atoms with Gasteiger partial charge < -0.3 is 9.21 Å². The Labute approximate surface area is 159 Å². The molecule has 0 atom stereocenters. The van der Waals surface area contributed by atoms with Crippen LogP contribution in [0.25, 0.3) is 16.3 Å². The summed E-state index contributed by atoms with van der Waals surface area (Å²) in [5.74, 6) is 0.838. The highest BCUT2D eigenvalue weighted by molar-refractivity contribution is 7.17. The number of fused-ring (bicyclic) bond motifs is 4. The van der Waals surface area contributed by atoms with Crippen LogP contribution in [0.2, 0.25) is 0 Å². The van der Waals surface area contributed by atoms with E-state index in [1.807, 2.05) is 29.7 Å². The first-order valence-corrected chi connectivity index (χ1v) is 9.57. The summed E-state index contributed by atoms with van der Waals surface area (Å²) in [4.78, 5) is 4.75. The highest BCUT2D eigenvalue weighted by Gasteiger charge is 2.26. The summed E-state index contributed by atoms with van der Waals surface area (Å²) in [6, 6.07) is 9.55. The molecule has 0 saturated carbocycles. The second kappa shape index (κ2) is 6.20. The van der Waals surface area contributed by atoms with Gasteiger partial charge in [-0.15, -0.1) is 11.3 Å². The zero-order valence-electron chi connectivity index (χ0n) is 14.6. The molecule has 27 heavy (non-hydrogen) atoms. The van der Waals surface area contributed by atoms with Crippen LogP contribution in [0.1, 0.15) is 23.2 Å². The maximum absolute atomic E-state index is 13.6. The third-order valence-corrected chi connectivity index (χ3v) is 5.93. The second-order valence-electron chi connectivity index (χ2n) is 6.61. The predicted molar refractivity (Wildman–Crippen MR) is 107 cm³/mol. The number of halogens is 2. The first-order valence-electron chi connectivity index (χ1n) is 8.69. The number of rotatable bonds is 3. The molecular weight excluding hydrogens is 365 g/mol. The number of hydrogen-bond acceptors (Lipinski definition) is 3. The quantitative estimate of drug-likeness (QED) is 0.574. The van der Waals surface area contributed by atoms with Crippen molar-refractivity contribution in [3.05, 3.63) is 69.9 Å². The molecule has 0 amide bonds.